The molecule has 3 aromatic rings. The zero-order chi connectivity index (χ0) is 22.0. The number of carboxylic acids is 1. The normalized spacial score (nSPS) is 13.5. The maximum atomic E-state index is 14.1. The Kier molecular flexibility index (Phi) is 5.70. The van der Waals surface area contributed by atoms with Crippen LogP contribution in [0.15, 0.2) is 48.8 Å². The van der Waals surface area contributed by atoms with Crippen LogP contribution in [0.25, 0.3) is 11.1 Å². The average Bonchev–Trinajstić information content (AvgIpc) is 3.24. The van der Waals surface area contributed by atoms with Gasteiger partial charge in [-0.3, -0.25) is 4.98 Å². The first-order chi connectivity index (χ1) is 14.9. The van der Waals surface area contributed by atoms with E-state index in [9.17, 15) is 23.1 Å². The molecule has 1 N–H and O–H groups in total. The average molecular weight is 426 g/mol. The minimum Gasteiger partial charge on any atom is -0.488 e. The Balaban J connectivity index is 1.73. The molecule has 1 aliphatic carbocycles. The summed E-state index contributed by atoms with van der Waals surface area (Å²) >= 11 is 0. The fraction of sp³-hybridized carbons (Fsp3) is 0.174. The van der Waals surface area contributed by atoms with Crippen molar-refractivity contribution in [3.05, 3.63) is 88.8 Å². The lowest BCUT2D eigenvalue weighted by Crippen LogP contribution is -2.05. The van der Waals surface area contributed by atoms with Crippen LogP contribution in [0.3, 0.4) is 0 Å². The van der Waals surface area contributed by atoms with Gasteiger partial charge < -0.3 is 9.84 Å². The predicted molar refractivity (Wildman–Crippen MR) is 107 cm³/mol. The molecule has 0 spiro atoms. The molecule has 0 fully saturated rings. The molecule has 0 radical (unpaired) electrons. The molecule has 5 nitrogen and oxygen atoms in total. The summed E-state index contributed by atoms with van der Waals surface area (Å²) < 4.78 is 47.7. The van der Waals surface area contributed by atoms with Gasteiger partial charge in [-0.15, -0.1) is 0 Å². The highest BCUT2D eigenvalue weighted by molar-refractivity contribution is 5.94. The van der Waals surface area contributed by atoms with Gasteiger partial charge in [0.15, 0.2) is 5.69 Å². The van der Waals surface area contributed by atoms with E-state index in [1.54, 1.807) is 0 Å². The van der Waals surface area contributed by atoms with Gasteiger partial charge in [0, 0.05) is 5.56 Å². The minimum absolute atomic E-state index is 0.193. The lowest BCUT2D eigenvalue weighted by atomic mass is 9.99. The number of carboxylic acid groups (broad SMARTS) is 1. The standard InChI is InChI=1S/C23H17F3N2O3/c24-13-7-8-22(31-12-17-18(25)5-2-6-19(17)26)16(9-13)14-3-1-4-15(14)20-10-27-11-21(28-20)23(29)30/h2,5-11H,1,3-4,12H2,(H,29,30). The highest BCUT2D eigenvalue weighted by Gasteiger charge is 2.23. The summed E-state index contributed by atoms with van der Waals surface area (Å²) in [5.74, 6) is -2.89. The fourth-order valence-corrected chi connectivity index (χ4v) is 3.62. The molecule has 1 aromatic heterocycles. The molecule has 0 atom stereocenters. The van der Waals surface area contributed by atoms with Gasteiger partial charge in [-0.1, -0.05) is 6.07 Å². The monoisotopic (exact) mass is 426 g/mol. The summed E-state index contributed by atoms with van der Waals surface area (Å²) in [4.78, 5) is 19.3. The number of rotatable bonds is 6. The van der Waals surface area contributed by atoms with Crippen LogP contribution in [0, 0.1) is 17.5 Å². The number of carbonyl (C=O) groups is 1. The zero-order valence-electron chi connectivity index (χ0n) is 16.2. The number of benzene rings is 2. The predicted octanol–water partition coefficient (Wildman–Crippen LogP) is 5.27. The molecule has 2 aromatic carbocycles. The number of nitrogens with zero attached hydrogens (tertiary/aromatic N) is 2. The molecule has 0 saturated heterocycles. The van der Waals surface area contributed by atoms with Gasteiger partial charge in [0.1, 0.15) is 29.8 Å². The van der Waals surface area contributed by atoms with Gasteiger partial charge in [0.2, 0.25) is 0 Å². The smallest absolute Gasteiger partial charge is 0.356 e. The lowest BCUT2D eigenvalue weighted by Gasteiger charge is -2.15. The molecule has 0 saturated carbocycles. The summed E-state index contributed by atoms with van der Waals surface area (Å²) in [5.41, 5.74) is 1.89. The number of aromatic carboxylic acids is 1. The molecule has 1 aliphatic rings. The van der Waals surface area contributed by atoms with E-state index < -0.39 is 23.4 Å². The summed E-state index contributed by atoms with van der Waals surface area (Å²) in [7, 11) is 0. The van der Waals surface area contributed by atoms with Crippen LogP contribution in [-0.2, 0) is 6.61 Å². The van der Waals surface area contributed by atoms with E-state index >= 15 is 0 Å². The SMILES string of the molecule is O=C(O)c1cncc(C2=C(c3cc(F)ccc3OCc3c(F)cccc3F)CCC2)n1. The van der Waals surface area contributed by atoms with Crippen molar-refractivity contribution in [1.82, 2.24) is 9.97 Å². The molecule has 31 heavy (non-hydrogen) atoms. The van der Waals surface area contributed by atoms with Gasteiger partial charge in [-0.25, -0.2) is 22.9 Å². The van der Waals surface area contributed by atoms with Crippen LogP contribution in [-0.4, -0.2) is 21.0 Å². The summed E-state index contributed by atoms with van der Waals surface area (Å²) in [5, 5.41) is 9.19. The third-order valence-corrected chi connectivity index (χ3v) is 5.08. The van der Waals surface area contributed by atoms with Crippen molar-refractivity contribution >= 4 is 17.1 Å². The van der Waals surface area contributed by atoms with Crippen LogP contribution >= 0.6 is 0 Å². The maximum absolute atomic E-state index is 14.1. The first-order valence-electron chi connectivity index (χ1n) is 9.57. The van der Waals surface area contributed by atoms with Crippen molar-refractivity contribution in [1.29, 1.82) is 0 Å². The quantitative estimate of drug-likeness (QED) is 0.582. The molecule has 0 bridgehead atoms. The number of ether oxygens (including phenoxy) is 1. The molecular weight excluding hydrogens is 409 g/mol. The Hall–Kier alpha value is -3.68. The third-order valence-electron chi connectivity index (χ3n) is 5.08. The second kappa shape index (κ2) is 8.59. The Morgan fingerprint density at radius 2 is 1.77 bits per heavy atom. The topological polar surface area (TPSA) is 72.3 Å². The van der Waals surface area contributed by atoms with Crippen molar-refractivity contribution in [2.45, 2.75) is 25.9 Å². The number of hydrogen-bond donors (Lipinski definition) is 1. The van der Waals surface area contributed by atoms with Crippen molar-refractivity contribution in [2.24, 2.45) is 0 Å². The number of allylic oxidation sites excluding steroid dienone is 2. The van der Waals surface area contributed by atoms with Crippen molar-refractivity contribution in [2.75, 3.05) is 0 Å². The second-order valence-electron chi connectivity index (χ2n) is 7.03. The zero-order valence-corrected chi connectivity index (χ0v) is 16.2. The lowest BCUT2D eigenvalue weighted by molar-refractivity contribution is 0.0690. The van der Waals surface area contributed by atoms with Crippen LogP contribution in [0.5, 0.6) is 5.75 Å². The van der Waals surface area contributed by atoms with Crippen LogP contribution in [0.2, 0.25) is 0 Å². The van der Waals surface area contributed by atoms with Gasteiger partial charge in [-0.2, -0.15) is 0 Å². The van der Waals surface area contributed by atoms with Crippen LogP contribution in [0.4, 0.5) is 13.2 Å². The van der Waals surface area contributed by atoms with Crippen LogP contribution in [0.1, 0.15) is 46.6 Å². The summed E-state index contributed by atoms with van der Waals surface area (Å²) in [6.45, 7) is -0.367. The van der Waals surface area contributed by atoms with Crippen molar-refractivity contribution < 1.29 is 27.8 Å². The van der Waals surface area contributed by atoms with Crippen LogP contribution < -0.4 is 4.74 Å². The number of halogens is 3. The van der Waals surface area contributed by atoms with E-state index in [4.69, 9.17) is 4.74 Å². The molecular formula is C23H17F3N2O3. The second-order valence-corrected chi connectivity index (χ2v) is 7.03. The van der Waals surface area contributed by atoms with E-state index in [0.717, 1.165) is 35.9 Å². The molecule has 1 heterocycles. The molecule has 158 valence electrons. The molecule has 4 rings (SSSR count). The van der Waals surface area contributed by atoms with Gasteiger partial charge in [0.25, 0.3) is 0 Å². The fourth-order valence-electron chi connectivity index (χ4n) is 3.62. The van der Waals surface area contributed by atoms with E-state index in [1.165, 1.54) is 30.5 Å². The van der Waals surface area contributed by atoms with Gasteiger partial charge in [-0.05, 0) is 60.7 Å². The van der Waals surface area contributed by atoms with E-state index in [2.05, 4.69) is 9.97 Å². The Morgan fingerprint density at radius 3 is 2.52 bits per heavy atom. The Morgan fingerprint density at radius 1 is 1.03 bits per heavy atom. The van der Waals surface area contributed by atoms with Gasteiger partial charge >= 0.3 is 5.97 Å². The molecule has 0 unspecified atom stereocenters. The highest BCUT2D eigenvalue weighted by Crippen LogP contribution is 2.42. The summed E-state index contributed by atoms with van der Waals surface area (Å²) in [6, 6.07) is 7.45. The minimum atomic E-state index is -1.20. The molecule has 8 heteroatoms. The van der Waals surface area contributed by atoms with E-state index in [1.807, 2.05) is 0 Å². The Bertz CT molecular complexity index is 1170. The first-order valence-corrected chi connectivity index (χ1v) is 9.57. The first kappa shape index (κ1) is 20.6. The maximum Gasteiger partial charge on any atom is 0.356 e. The van der Waals surface area contributed by atoms with Crippen molar-refractivity contribution in [3.63, 3.8) is 0 Å². The summed E-state index contributed by atoms with van der Waals surface area (Å²) in [6.07, 6.45) is 4.55. The largest absolute Gasteiger partial charge is 0.488 e. The highest BCUT2D eigenvalue weighted by atomic mass is 19.1. The third kappa shape index (κ3) is 4.28. The number of aromatic nitrogens is 2. The van der Waals surface area contributed by atoms with Crippen molar-refractivity contribution in [3.8, 4) is 5.75 Å². The van der Waals surface area contributed by atoms with Gasteiger partial charge in [0.05, 0.1) is 23.7 Å². The molecule has 0 amide bonds. The number of hydrogen-bond acceptors (Lipinski definition) is 4. The Labute approximate surface area is 175 Å². The van der Waals surface area contributed by atoms with E-state index in [-0.39, 0.29) is 23.6 Å². The van der Waals surface area contributed by atoms with E-state index in [0.29, 0.717) is 24.1 Å². The molecule has 0 aliphatic heterocycles.